The second kappa shape index (κ2) is 8.25. The third-order valence-corrected chi connectivity index (χ3v) is 3.49. The molecular weight excluding hydrogens is 264 g/mol. The average molecular weight is 292 g/mol. The molecule has 118 valence electrons. The molecule has 0 bridgehead atoms. The van der Waals surface area contributed by atoms with E-state index in [0.717, 1.165) is 50.5 Å². The van der Waals surface area contributed by atoms with Crippen molar-refractivity contribution >= 4 is 5.69 Å². The number of rotatable bonds is 8. The van der Waals surface area contributed by atoms with E-state index in [0.29, 0.717) is 6.10 Å². The van der Waals surface area contributed by atoms with Gasteiger partial charge in [-0.05, 0) is 64.4 Å². The normalized spacial score (nSPS) is 17.2. The number of ether oxygens (including phenoxy) is 2. The minimum atomic E-state index is 0.248. The zero-order valence-electron chi connectivity index (χ0n) is 13.4. The number of benzene rings is 1. The first-order chi connectivity index (χ1) is 10.1. The quantitative estimate of drug-likeness (QED) is 0.723. The molecule has 0 fully saturated rings. The summed E-state index contributed by atoms with van der Waals surface area (Å²) in [5.74, 6) is 0.969. The first-order valence-electron chi connectivity index (χ1n) is 8.01. The van der Waals surface area contributed by atoms with Crippen molar-refractivity contribution in [3.8, 4) is 5.75 Å². The van der Waals surface area contributed by atoms with Gasteiger partial charge in [0.1, 0.15) is 11.9 Å². The SMILES string of the molecule is CC(C)OCCCNCCc1ccc2c(c1)NCC(C)O2. The van der Waals surface area contributed by atoms with E-state index in [4.69, 9.17) is 9.47 Å². The molecule has 1 aromatic carbocycles. The van der Waals surface area contributed by atoms with E-state index in [1.807, 2.05) is 0 Å². The molecule has 1 atom stereocenters. The van der Waals surface area contributed by atoms with E-state index in [2.05, 4.69) is 49.6 Å². The summed E-state index contributed by atoms with van der Waals surface area (Å²) in [6.45, 7) is 9.95. The van der Waals surface area contributed by atoms with Crippen LogP contribution in [0.3, 0.4) is 0 Å². The molecule has 1 heterocycles. The second-order valence-electron chi connectivity index (χ2n) is 5.91. The summed E-state index contributed by atoms with van der Waals surface area (Å²) in [6, 6.07) is 6.43. The molecule has 0 aliphatic carbocycles. The summed E-state index contributed by atoms with van der Waals surface area (Å²) < 4.78 is 11.3. The maximum atomic E-state index is 5.78. The van der Waals surface area contributed by atoms with Crippen molar-refractivity contribution in [1.29, 1.82) is 0 Å². The molecule has 0 saturated heterocycles. The van der Waals surface area contributed by atoms with Crippen LogP contribution in [0, 0.1) is 0 Å². The van der Waals surface area contributed by atoms with E-state index in [9.17, 15) is 0 Å². The van der Waals surface area contributed by atoms with Gasteiger partial charge in [0.15, 0.2) is 0 Å². The molecule has 1 unspecified atom stereocenters. The van der Waals surface area contributed by atoms with Gasteiger partial charge in [-0.2, -0.15) is 0 Å². The molecular formula is C17H28N2O2. The summed E-state index contributed by atoms with van der Waals surface area (Å²) in [5, 5.41) is 6.88. The van der Waals surface area contributed by atoms with Crippen molar-refractivity contribution in [3.63, 3.8) is 0 Å². The van der Waals surface area contributed by atoms with Crippen molar-refractivity contribution in [3.05, 3.63) is 23.8 Å². The Kier molecular flexibility index (Phi) is 6.33. The molecule has 0 radical (unpaired) electrons. The van der Waals surface area contributed by atoms with E-state index in [-0.39, 0.29) is 6.10 Å². The van der Waals surface area contributed by atoms with E-state index in [1.54, 1.807) is 0 Å². The molecule has 1 aliphatic rings. The average Bonchev–Trinajstić information content (AvgIpc) is 2.46. The lowest BCUT2D eigenvalue weighted by Gasteiger charge is -2.25. The molecule has 0 spiro atoms. The number of nitrogens with one attached hydrogen (secondary N) is 2. The Labute approximate surface area is 128 Å². The number of hydrogen-bond acceptors (Lipinski definition) is 4. The van der Waals surface area contributed by atoms with Crippen molar-refractivity contribution < 1.29 is 9.47 Å². The van der Waals surface area contributed by atoms with Crippen molar-refractivity contribution in [2.24, 2.45) is 0 Å². The van der Waals surface area contributed by atoms with Crippen molar-refractivity contribution in [1.82, 2.24) is 5.32 Å². The Balaban J connectivity index is 1.65. The molecule has 2 N–H and O–H groups in total. The highest BCUT2D eigenvalue weighted by molar-refractivity contribution is 5.59. The van der Waals surface area contributed by atoms with Crippen LogP contribution in [0.1, 0.15) is 32.8 Å². The summed E-state index contributed by atoms with van der Waals surface area (Å²) in [6.07, 6.45) is 2.68. The van der Waals surface area contributed by atoms with Crippen LogP contribution in [0.4, 0.5) is 5.69 Å². The van der Waals surface area contributed by atoms with Gasteiger partial charge < -0.3 is 20.1 Å². The Morgan fingerprint density at radius 3 is 3.05 bits per heavy atom. The Morgan fingerprint density at radius 1 is 1.38 bits per heavy atom. The number of fused-ring (bicyclic) bond motifs is 1. The van der Waals surface area contributed by atoms with Crippen LogP contribution in [0.15, 0.2) is 18.2 Å². The topological polar surface area (TPSA) is 42.5 Å². The lowest BCUT2D eigenvalue weighted by molar-refractivity contribution is 0.0771. The molecule has 1 aromatic rings. The van der Waals surface area contributed by atoms with E-state index >= 15 is 0 Å². The molecule has 2 rings (SSSR count). The minimum Gasteiger partial charge on any atom is -0.487 e. The summed E-state index contributed by atoms with van der Waals surface area (Å²) >= 11 is 0. The smallest absolute Gasteiger partial charge is 0.142 e. The van der Waals surface area contributed by atoms with Gasteiger partial charge in [0.05, 0.1) is 18.3 Å². The Bertz CT molecular complexity index is 435. The fourth-order valence-corrected chi connectivity index (χ4v) is 2.36. The maximum absolute atomic E-state index is 5.78. The van der Waals surface area contributed by atoms with Gasteiger partial charge in [-0.15, -0.1) is 0 Å². The Hall–Kier alpha value is -1.26. The van der Waals surface area contributed by atoms with Crippen LogP contribution in [0.5, 0.6) is 5.75 Å². The predicted octanol–water partition coefficient (Wildman–Crippen LogP) is 2.83. The highest BCUT2D eigenvalue weighted by atomic mass is 16.5. The maximum Gasteiger partial charge on any atom is 0.142 e. The van der Waals surface area contributed by atoms with Crippen LogP contribution in [-0.4, -0.2) is 38.4 Å². The third-order valence-electron chi connectivity index (χ3n) is 3.49. The van der Waals surface area contributed by atoms with Crippen molar-refractivity contribution in [2.75, 3.05) is 31.6 Å². The van der Waals surface area contributed by atoms with E-state index in [1.165, 1.54) is 5.56 Å². The summed E-state index contributed by atoms with van der Waals surface area (Å²) in [4.78, 5) is 0. The van der Waals surface area contributed by atoms with Crippen LogP contribution < -0.4 is 15.4 Å². The molecule has 1 aliphatic heterocycles. The monoisotopic (exact) mass is 292 g/mol. The molecule has 4 heteroatoms. The number of hydrogen-bond donors (Lipinski definition) is 2. The molecule has 4 nitrogen and oxygen atoms in total. The predicted molar refractivity (Wildman–Crippen MR) is 87.3 cm³/mol. The molecule has 21 heavy (non-hydrogen) atoms. The fraction of sp³-hybridized carbons (Fsp3) is 0.647. The fourth-order valence-electron chi connectivity index (χ4n) is 2.36. The van der Waals surface area contributed by atoms with Gasteiger partial charge in [0, 0.05) is 6.61 Å². The summed E-state index contributed by atoms with van der Waals surface area (Å²) in [5.41, 5.74) is 2.46. The van der Waals surface area contributed by atoms with Gasteiger partial charge in [-0.25, -0.2) is 0 Å². The highest BCUT2D eigenvalue weighted by Crippen LogP contribution is 2.29. The van der Waals surface area contributed by atoms with Gasteiger partial charge >= 0.3 is 0 Å². The first kappa shape index (κ1) is 16.1. The lowest BCUT2D eigenvalue weighted by Crippen LogP contribution is -2.27. The van der Waals surface area contributed by atoms with Crippen LogP contribution in [-0.2, 0) is 11.2 Å². The summed E-state index contributed by atoms with van der Waals surface area (Å²) in [7, 11) is 0. The largest absolute Gasteiger partial charge is 0.487 e. The van der Waals surface area contributed by atoms with Crippen LogP contribution >= 0.6 is 0 Å². The number of anilines is 1. The van der Waals surface area contributed by atoms with Gasteiger partial charge in [0.25, 0.3) is 0 Å². The molecule has 0 amide bonds. The third kappa shape index (κ3) is 5.56. The van der Waals surface area contributed by atoms with Gasteiger partial charge in [-0.3, -0.25) is 0 Å². The van der Waals surface area contributed by atoms with Crippen LogP contribution in [0.25, 0.3) is 0 Å². The first-order valence-corrected chi connectivity index (χ1v) is 8.01. The Morgan fingerprint density at radius 2 is 2.24 bits per heavy atom. The van der Waals surface area contributed by atoms with E-state index < -0.39 is 0 Å². The standard InChI is InChI=1S/C17H28N2O2/c1-13(2)20-10-4-8-18-9-7-15-5-6-17-16(11-15)19-12-14(3)21-17/h5-6,11,13-14,18-19H,4,7-10,12H2,1-3H3. The molecule has 0 saturated carbocycles. The van der Waals surface area contributed by atoms with Gasteiger partial charge in [-0.1, -0.05) is 6.07 Å². The zero-order chi connectivity index (χ0) is 15.1. The second-order valence-corrected chi connectivity index (χ2v) is 5.91. The van der Waals surface area contributed by atoms with Gasteiger partial charge in [0.2, 0.25) is 0 Å². The van der Waals surface area contributed by atoms with Crippen molar-refractivity contribution in [2.45, 2.75) is 45.8 Å². The minimum absolute atomic E-state index is 0.248. The highest BCUT2D eigenvalue weighted by Gasteiger charge is 2.15. The van der Waals surface area contributed by atoms with Crippen LogP contribution in [0.2, 0.25) is 0 Å². The lowest BCUT2D eigenvalue weighted by atomic mass is 10.1. The molecule has 0 aromatic heterocycles. The zero-order valence-corrected chi connectivity index (χ0v) is 13.4.